The topological polar surface area (TPSA) is 49.0 Å². The van der Waals surface area contributed by atoms with E-state index < -0.39 is 0 Å². The van der Waals surface area contributed by atoms with Gasteiger partial charge in [0.05, 0.1) is 5.69 Å². The van der Waals surface area contributed by atoms with Crippen LogP contribution < -0.4 is 5.56 Å². The lowest BCUT2D eigenvalue weighted by atomic mass is 10.1. The van der Waals surface area contributed by atoms with Crippen molar-refractivity contribution in [2.75, 3.05) is 6.54 Å². The Morgan fingerprint density at radius 1 is 1.40 bits per heavy atom. The van der Waals surface area contributed by atoms with Crippen molar-refractivity contribution in [3.05, 3.63) is 48.8 Å². The van der Waals surface area contributed by atoms with E-state index in [9.17, 15) is 4.79 Å². The molecule has 0 spiro atoms. The number of aromatic amines is 1. The highest BCUT2D eigenvalue weighted by atomic mass is 32.1. The van der Waals surface area contributed by atoms with E-state index in [2.05, 4.69) is 34.8 Å². The van der Waals surface area contributed by atoms with Gasteiger partial charge in [0, 0.05) is 35.0 Å². The Morgan fingerprint density at radius 2 is 2.20 bits per heavy atom. The van der Waals surface area contributed by atoms with Crippen LogP contribution in [-0.2, 0) is 19.5 Å². The summed E-state index contributed by atoms with van der Waals surface area (Å²) in [6, 6.07) is 2.27. The normalized spacial score (nSPS) is 15.3. The Bertz CT molecular complexity index is 682. The van der Waals surface area contributed by atoms with Crippen molar-refractivity contribution < 1.29 is 0 Å². The van der Waals surface area contributed by atoms with Crippen LogP contribution in [0.4, 0.5) is 0 Å². The summed E-state index contributed by atoms with van der Waals surface area (Å²) in [6.07, 6.45) is 0.793. The average molecular weight is 289 g/mol. The molecular formula is C15H19N3OS. The maximum Gasteiger partial charge on any atom is 0.254 e. The summed E-state index contributed by atoms with van der Waals surface area (Å²) < 4.78 is 0. The van der Waals surface area contributed by atoms with E-state index in [0.717, 1.165) is 37.3 Å². The molecule has 0 fully saturated rings. The molecule has 5 heteroatoms. The number of hydrogen-bond donors (Lipinski definition) is 1. The summed E-state index contributed by atoms with van der Waals surface area (Å²) >= 11 is 1.87. The number of nitrogens with zero attached hydrogens (tertiary/aromatic N) is 2. The number of H-pyrrole nitrogens is 1. The lowest BCUT2D eigenvalue weighted by Gasteiger charge is -2.27. The third-order valence-electron chi connectivity index (χ3n) is 3.87. The predicted molar refractivity (Wildman–Crippen MR) is 81.2 cm³/mol. The van der Waals surface area contributed by atoms with E-state index in [1.54, 1.807) is 0 Å². The second-order valence-corrected chi connectivity index (χ2v) is 6.83. The Morgan fingerprint density at radius 3 is 2.90 bits per heavy atom. The van der Waals surface area contributed by atoms with Crippen LogP contribution >= 0.6 is 11.3 Å². The SMILES string of the molecule is Cc1nc2c(c(=O)[nH]1)CCN(Cc1cc(C)c(C)s1)C2. The van der Waals surface area contributed by atoms with E-state index in [4.69, 9.17) is 0 Å². The molecule has 1 aliphatic rings. The first-order chi connectivity index (χ1) is 9.52. The second kappa shape index (κ2) is 5.14. The van der Waals surface area contributed by atoms with Gasteiger partial charge in [-0.2, -0.15) is 0 Å². The molecule has 0 atom stereocenters. The van der Waals surface area contributed by atoms with Crippen LogP contribution in [0.2, 0.25) is 0 Å². The standard InChI is InChI=1S/C15H19N3OS/c1-9-6-12(20-10(9)2)7-18-5-4-13-14(8-18)16-11(3)17-15(13)19/h6H,4-5,7-8H2,1-3H3,(H,16,17,19). The molecule has 0 bridgehead atoms. The van der Waals surface area contributed by atoms with Crippen LogP contribution in [0.15, 0.2) is 10.9 Å². The molecule has 0 aliphatic carbocycles. The molecule has 4 nitrogen and oxygen atoms in total. The first-order valence-corrected chi connectivity index (χ1v) is 7.71. The van der Waals surface area contributed by atoms with Gasteiger partial charge in [-0.05, 0) is 38.8 Å². The zero-order valence-electron chi connectivity index (χ0n) is 12.1. The second-order valence-electron chi connectivity index (χ2n) is 5.49. The van der Waals surface area contributed by atoms with Gasteiger partial charge in [0.2, 0.25) is 0 Å². The Labute approximate surface area is 122 Å². The van der Waals surface area contributed by atoms with Crippen LogP contribution in [0.25, 0.3) is 0 Å². The quantitative estimate of drug-likeness (QED) is 0.923. The van der Waals surface area contributed by atoms with Crippen LogP contribution in [0.1, 0.15) is 32.4 Å². The van der Waals surface area contributed by atoms with E-state index in [1.807, 2.05) is 18.3 Å². The fraction of sp³-hybridized carbons (Fsp3) is 0.467. The number of aryl methyl sites for hydroxylation is 3. The maximum absolute atomic E-state index is 11.9. The molecular weight excluding hydrogens is 270 g/mol. The molecule has 106 valence electrons. The van der Waals surface area contributed by atoms with E-state index in [0.29, 0.717) is 5.82 Å². The number of rotatable bonds is 2. The van der Waals surface area contributed by atoms with Crippen molar-refractivity contribution in [2.45, 2.75) is 40.3 Å². The molecule has 1 aliphatic heterocycles. The minimum absolute atomic E-state index is 0.0370. The van der Waals surface area contributed by atoms with Gasteiger partial charge in [0.15, 0.2) is 0 Å². The van der Waals surface area contributed by atoms with Crippen LogP contribution in [-0.4, -0.2) is 21.4 Å². The lowest BCUT2D eigenvalue weighted by molar-refractivity contribution is 0.242. The van der Waals surface area contributed by atoms with E-state index >= 15 is 0 Å². The van der Waals surface area contributed by atoms with Gasteiger partial charge in [0.1, 0.15) is 5.82 Å². The molecule has 0 unspecified atom stereocenters. The lowest BCUT2D eigenvalue weighted by Crippen LogP contribution is -2.35. The van der Waals surface area contributed by atoms with Crippen molar-refractivity contribution in [3.8, 4) is 0 Å². The fourth-order valence-corrected chi connectivity index (χ4v) is 3.80. The molecule has 3 heterocycles. The first kappa shape index (κ1) is 13.5. The smallest absolute Gasteiger partial charge is 0.254 e. The molecule has 0 aromatic carbocycles. The van der Waals surface area contributed by atoms with Crippen LogP contribution in [0.3, 0.4) is 0 Å². The Hall–Kier alpha value is -1.46. The summed E-state index contributed by atoms with van der Waals surface area (Å²) in [7, 11) is 0. The van der Waals surface area contributed by atoms with Crippen LogP contribution in [0, 0.1) is 20.8 Å². The number of aromatic nitrogens is 2. The van der Waals surface area contributed by atoms with Crippen molar-refractivity contribution in [3.63, 3.8) is 0 Å². The summed E-state index contributed by atoms with van der Waals surface area (Å²) in [5.74, 6) is 0.707. The van der Waals surface area contributed by atoms with Crippen molar-refractivity contribution in [1.82, 2.24) is 14.9 Å². The minimum Gasteiger partial charge on any atom is -0.311 e. The largest absolute Gasteiger partial charge is 0.311 e. The Balaban J connectivity index is 1.80. The van der Waals surface area contributed by atoms with Gasteiger partial charge in [-0.25, -0.2) is 4.98 Å². The van der Waals surface area contributed by atoms with Gasteiger partial charge in [-0.15, -0.1) is 11.3 Å². The third kappa shape index (κ3) is 2.55. The zero-order valence-corrected chi connectivity index (χ0v) is 12.9. The number of thiophene rings is 1. The van der Waals surface area contributed by atoms with Gasteiger partial charge < -0.3 is 4.98 Å². The highest BCUT2D eigenvalue weighted by molar-refractivity contribution is 7.12. The summed E-state index contributed by atoms with van der Waals surface area (Å²) in [5, 5.41) is 0. The number of nitrogens with one attached hydrogen (secondary N) is 1. The number of fused-ring (bicyclic) bond motifs is 1. The summed E-state index contributed by atoms with van der Waals surface area (Å²) in [5.41, 5.74) is 3.22. The maximum atomic E-state index is 11.9. The summed E-state index contributed by atoms with van der Waals surface area (Å²) in [4.78, 5) is 24.3. The summed E-state index contributed by atoms with van der Waals surface area (Å²) in [6.45, 7) is 8.82. The minimum atomic E-state index is 0.0370. The molecule has 2 aromatic rings. The molecule has 1 N–H and O–H groups in total. The van der Waals surface area contributed by atoms with Crippen molar-refractivity contribution >= 4 is 11.3 Å². The van der Waals surface area contributed by atoms with E-state index in [-0.39, 0.29) is 5.56 Å². The average Bonchev–Trinajstić information content (AvgIpc) is 2.67. The molecule has 2 aromatic heterocycles. The molecule has 0 radical (unpaired) electrons. The highest BCUT2D eigenvalue weighted by Gasteiger charge is 2.21. The van der Waals surface area contributed by atoms with E-state index in [1.165, 1.54) is 15.3 Å². The molecule has 0 amide bonds. The van der Waals surface area contributed by atoms with Crippen LogP contribution in [0.5, 0.6) is 0 Å². The first-order valence-electron chi connectivity index (χ1n) is 6.90. The molecule has 20 heavy (non-hydrogen) atoms. The molecule has 3 rings (SSSR count). The molecule has 0 saturated heterocycles. The van der Waals surface area contributed by atoms with Gasteiger partial charge in [-0.1, -0.05) is 0 Å². The predicted octanol–water partition coefficient (Wildman–Crippen LogP) is 2.31. The third-order valence-corrected chi connectivity index (χ3v) is 5.00. The monoisotopic (exact) mass is 289 g/mol. The van der Waals surface area contributed by atoms with Gasteiger partial charge in [-0.3, -0.25) is 9.69 Å². The zero-order chi connectivity index (χ0) is 14.3. The van der Waals surface area contributed by atoms with Crippen molar-refractivity contribution in [2.24, 2.45) is 0 Å². The van der Waals surface area contributed by atoms with Gasteiger partial charge >= 0.3 is 0 Å². The highest BCUT2D eigenvalue weighted by Crippen LogP contribution is 2.24. The van der Waals surface area contributed by atoms with Gasteiger partial charge in [0.25, 0.3) is 5.56 Å². The number of hydrogen-bond acceptors (Lipinski definition) is 4. The molecule has 0 saturated carbocycles. The fourth-order valence-electron chi connectivity index (χ4n) is 2.70. The van der Waals surface area contributed by atoms with Crippen molar-refractivity contribution in [1.29, 1.82) is 0 Å². The Kier molecular flexibility index (Phi) is 3.48.